The number of phenolic OH excluding ortho intramolecular Hbond substituents is 1. The topological polar surface area (TPSA) is 37.5 Å². The largest absolute Gasteiger partial charge is 0.507 e. The van der Waals surface area contributed by atoms with Crippen molar-refractivity contribution in [1.82, 2.24) is 4.68 Å². The van der Waals surface area contributed by atoms with Crippen LogP contribution in [0.4, 0.5) is 0 Å². The van der Waals surface area contributed by atoms with Crippen molar-refractivity contribution < 1.29 is 21.6 Å². The Labute approximate surface area is 169 Å². The van der Waals surface area contributed by atoms with Crippen LogP contribution in [-0.2, 0) is 27.3 Å². The van der Waals surface area contributed by atoms with Gasteiger partial charge >= 0.3 is 0 Å². The molecule has 0 aliphatic heterocycles. The molecule has 0 bridgehead atoms. The van der Waals surface area contributed by atoms with E-state index in [1.54, 1.807) is 6.21 Å². The second kappa shape index (κ2) is 8.44. The van der Waals surface area contributed by atoms with Crippen LogP contribution in [0.3, 0.4) is 0 Å². The van der Waals surface area contributed by atoms with Crippen LogP contribution in [0.2, 0.25) is 0 Å². The Morgan fingerprint density at radius 2 is 1.42 bits per heavy atom. The summed E-state index contributed by atoms with van der Waals surface area (Å²) in [5.41, 5.74) is 4.95. The second-order valence-electron chi connectivity index (χ2n) is 8.63. The van der Waals surface area contributed by atoms with Gasteiger partial charge in [-0.1, -0.05) is 47.6 Å². The molecule has 3 nitrogen and oxygen atoms in total. The molecule has 26 heavy (non-hydrogen) atoms. The Hall–Kier alpha value is -1.54. The average molecular weight is 400 g/mol. The summed E-state index contributed by atoms with van der Waals surface area (Å²) in [6.07, 6.45) is 1.76. The van der Waals surface area contributed by atoms with E-state index in [9.17, 15) is 5.11 Å². The third-order valence-corrected chi connectivity index (χ3v) is 4.36. The van der Waals surface area contributed by atoms with Crippen molar-refractivity contribution in [2.75, 3.05) is 0 Å². The van der Waals surface area contributed by atoms with E-state index in [0.717, 1.165) is 22.5 Å². The van der Waals surface area contributed by atoms with E-state index in [-0.39, 0.29) is 34.7 Å². The van der Waals surface area contributed by atoms with Gasteiger partial charge in [-0.05, 0) is 48.4 Å². The normalized spacial score (nSPS) is 12.0. The maximum atomic E-state index is 10.8. The van der Waals surface area contributed by atoms with Gasteiger partial charge in [0.25, 0.3) is 0 Å². The summed E-state index contributed by atoms with van der Waals surface area (Å²) in [7, 11) is 0. The number of rotatable bonds is 2. The van der Waals surface area contributed by atoms with Gasteiger partial charge in [-0.3, -0.25) is 0 Å². The molecule has 0 saturated heterocycles. The predicted octanol–water partition coefficient (Wildman–Crippen LogP) is 5.74. The Bertz CT molecular complexity index is 755. The molecule has 2 aromatic rings. The molecule has 0 fully saturated rings. The molecule has 0 unspecified atom stereocenters. The molecular weight excluding hydrogens is 367 g/mol. The van der Waals surface area contributed by atoms with Crippen molar-refractivity contribution in [2.24, 2.45) is 5.10 Å². The minimum atomic E-state index is -0.132. The number of phenols is 1. The van der Waals surface area contributed by atoms with Crippen LogP contribution in [0.5, 0.6) is 5.75 Å². The van der Waals surface area contributed by atoms with Crippen molar-refractivity contribution in [3.63, 3.8) is 0 Å². The first kappa shape index (κ1) is 24.5. The summed E-state index contributed by atoms with van der Waals surface area (Å²) < 4.78 is 1.89. The molecule has 2 rings (SSSR count). The number of aromatic nitrogens is 1. The molecule has 4 heteroatoms. The van der Waals surface area contributed by atoms with Crippen LogP contribution in [0.15, 0.2) is 29.4 Å². The van der Waals surface area contributed by atoms with Gasteiger partial charge in [-0.25, -0.2) is 4.68 Å². The summed E-state index contributed by atoms with van der Waals surface area (Å²) in [5.74, 6) is 0.321. The minimum absolute atomic E-state index is 0. The number of hydrogen-bond donors (Lipinski definition) is 1. The van der Waals surface area contributed by atoms with E-state index >= 15 is 0 Å². The Balaban J connectivity index is 0.00000312. The van der Waals surface area contributed by atoms with E-state index in [1.165, 1.54) is 5.56 Å². The smallest absolute Gasteiger partial charge is 0.128 e. The molecule has 0 saturated carbocycles. The summed E-state index contributed by atoms with van der Waals surface area (Å²) in [6, 6.07) is 8.25. The zero-order chi connectivity index (χ0) is 18.3. The van der Waals surface area contributed by atoms with Crippen LogP contribution in [0, 0.1) is 21.3 Å². The van der Waals surface area contributed by atoms with E-state index < -0.39 is 0 Å². The van der Waals surface area contributed by atoms with Crippen molar-refractivity contribution in [3.05, 3.63) is 59.8 Å². The van der Waals surface area contributed by atoms with Crippen molar-refractivity contribution in [3.8, 4) is 5.75 Å². The minimum Gasteiger partial charge on any atom is -0.507 e. The van der Waals surface area contributed by atoms with Crippen LogP contribution < -0.4 is 0 Å². The SMILES string of the molecule is Cc1ccc(C)n1/N=C/c1cc(C(C)(C)C)cc(C(C)(C)C)c1O.[CH3-].[Ni]. The van der Waals surface area contributed by atoms with Gasteiger partial charge < -0.3 is 12.5 Å². The number of aryl methyl sites for hydroxylation is 2. The Morgan fingerprint density at radius 3 is 1.85 bits per heavy atom. The Morgan fingerprint density at radius 1 is 0.923 bits per heavy atom. The van der Waals surface area contributed by atoms with Gasteiger partial charge in [0.1, 0.15) is 5.75 Å². The molecule has 1 aromatic heterocycles. The van der Waals surface area contributed by atoms with Crippen LogP contribution >= 0.6 is 0 Å². The summed E-state index contributed by atoms with van der Waals surface area (Å²) >= 11 is 0. The second-order valence-corrected chi connectivity index (χ2v) is 8.63. The number of aromatic hydroxyl groups is 1. The first-order chi connectivity index (χ1) is 10.9. The van der Waals surface area contributed by atoms with E-state index in [4.69, 9.17) is 0 Å². The van der Waals surface area contributed by atoms with E-state index in [1.807, 2.05) is 36.7 Å². The van der Waals surface area contributed by atoms with Gasteiger partial charge in [0.15, 0.2) is 0 Å². The third kappa shape index (κ3) is 5.23. The van der Waals surface area contributed by atoms with Gasteiger partial charge in [-0.2, -0.15) is 5.10 Å². The summed E-state index contributed by atoms with van der Waals surface area (Å²) in [6.45, 7) is 17.0. The van der Waals surface area contributed by atoms with E-state index in [2.05, 4.69) is 52.7 Å². The first-order valence-corrected chi connectivity index (χ1v) is 8.48. The third-order valence-electron chi connectivity index (χ3n) is 4.36. The van der Waals surface area contributed by atoms with Gasteiger partial charge in [-0.15, -0.1) is 0 Å². The van der Waals surface area contributed by atoms with Crippen LogP contribution in [0.25, 0.3) is 0 Å². The molecule has 0 aliphatic carbocycles. The van der Waals surface area contributed by atoms with Gasteiger partial charge in [0.2, 0.25) is 0 Å². The molecule has 148 valence electrons. The quantitative estimate of drug-likeness (QED) is 0.390. The van der Waals surface area contributed by atoms with Crippen molar-refractivity contribution in [2.45, 2.75) is 66.2 Å². The number of hydrogen-bond acceptors (Lipinski definition) is 2. The predicted molar refractivity (Wildman–Crippen MR) is 109 cm³/mol. The number of nitrogens with zero attached hydrogens (tertiary/aromatic N) is 2. The van der Waals surface area contributed by atoms with Gasteiger partial charge in [0, 0.05) is 39.0 Å². The van der Waals surface area contributed by atoms with E-state index in [0.29, 0.717) is 5.75 Å². The van der Waals surface area contributed by atoms with Crippen LogP contribution in [-0.4, -0.2) is 16.0 Å². The molecule has 1 heterocycles. The van der Waals surface area contributed by atoms with Crippen LogP contribution in [0.1, 0.15) is 69.6 Å². The Kier molecular flexibility index (Phi) is 7.94. The summed E-state index contributed by atoms with van der Waals surface area (Å²) in [5, 5.41) is 15.4. The first-order valence-electron chi connectivity index (χ1n) is 8.48. The molecule has 1 N–H and O–H groups in total. The maximum Gasteiger partial charge on any atom is 0.128 e. The van der Waals surface area contributed by atoms with Gasteiger partial charge in [0.05, 0.1) is 6.21 Å². The zero-order valence-electron chi connectivity index (χ0n) is 17.5. The summed E-state index contributed by atoms with van der Waals surface area (Å²) in [4.78, 5) is 0. The number of benzene rings is 1. The molecule has 0 aliphatic rings. The monoisotopic (exact) mass is 399 g/mol. The molecule has 0 amide bonds. The standard InChI is InChI=1S/C21H30N2O.CH3.Ni/c1-14-9-10-15(2)23(14)22-13-16-11-17(20(3,4)5)12-18(19(16)24)21(6,7)8;;/h9-13,24H,1-8H3;1H3;/q;-1;/b22-13+;;. The fourth-order valence-corrected chi connectivity index (χ4v) is 2.72. The van der Waals surface area contributed by atoms with Crippen molar-refractivity contribution in [1.29, 1.82) is 0 Å². The zero-order valence-corrected chi connectivity index (χ0v) is 18.5. The molecule has 0 atom stereocenters. The molecule has 0 spiro atoms. The molecule has 0 radical (unpaired) electrons. The molecular formula is C22H33N2NiO-. The van der Waals surface area contributed by atoms with Crippen molar-refractivity contribution >= 4 is 6.21 Å². The fraction of sp³-hybridized carbons (Fsp3) is 0.455. The average Bonchev–Trinajstić information content (AvgIpc) is 2.74. The molecule has 1 aromatic carbocycles. The fourth-order valence-electron chi connectivity index (χ4n) is 2.72. The maximum absolute atomic E-state index is 10.8.